The van der Waals surface area contributed by atoms with Crippen LogP contribution in [0.1, 0.15) is 35.8 Å². The van der Waals surface area contributed by atoms with E-state index in [1.165, 1.54) is 28.1 Å². The van der Waals surface area contributed by atoms with Gasteiger partial charge in [-0.1, -0.05) is 12.1 Å². The highest BCUT2D eigenvalue weighted by molar-refractivity contribution is 5.39. The molecule has 0 amide bonds. The second kappa shape index (κ2) is 5.74. The topological polar surface area (TPSA) is 33.4 Å². The Bertz CT molecular complexity index is 842. The van der Waals surface area contributed by atoms with Crippen molar-refractivity contribution in [3.8, 4) is 0 Å². The van der Waals surface area contributed by atoms with Gasteiger partial charge >= 0.3 is 0 Å². The van der Waals surface area contributed by atoms with E-state index in [-0.39, 0.29) is 5.95 Å². The molecule has 0 fully saturated rings. The summed E-state index contributed by atoms with van der Waals surface area (Å²) in [7, 11) is 2.09. The molecule has 3 aromatic rings. The Morgan fingerprint density at radius 3 is 3.09 bits per heavy atom. The molecule has 0 aliphatic heterocycles. The van der Waals surface area contributed by atoms with E-state index in [0.717, 1.165) is 18.5 Å². The van der Waals surface area contributed by atoms with Gasteiger partial charge in [-0.2, -0.15) is 4.39 Å². The van der Waals surface area contributed by atoms with Gasteiger partial charge in [0.1, 0.15) is 5.65 Å². The third kappa shape index (κ3) is 2.61. The molecule has 1 aliphatic rings. The lowest BCUT2D eigenvalue weighted by molar-refractivity contribution is 0.206. The van der Waals surface area contributed by atoms with E-state index in [2.05, 4.69) is 28.0 Å². The fraction of sp³-hybridized carbons (Fsp3) is 0.333. The van der Waals surface area contributed by atoms with E-state index in [1.807, 2.05) is 18.3 Å². The molecule has 0 saturated heterocycles. The molecule has 0 radical (unpaired) electrons. The molecule has 118 valence electrons. The maximum Gasteiger partial charge on any atom is 0.199 e. The molecule has 0 saturated carbocycles. The van der Waals surface area contributed by atoms with E-state index in [0.29, 0.717) is 18.2 Å². The minimum Gasteiger partial charge on any atom is -0.292 e. The van der Waals surface area contributed by atoms with Gasteiger partial charge in [0.25, 0.3) is 0 Å². The van der Waals surface area contributed by atoms with Crippen molar-refractivity contribution in [2.45, 2.75) is 31.8 Å². The van der Waals surface area contributed by atoms with Gasteiger partial charge in [0.2, 0.25) is 0 Å². The monoisotopic (exact) mass is 310 g/mol. The molecule has 1 aliphatic carbocycles. The van der Waals surface area contributed by atoms with E-state index in [9.17, 15) is 4.39 Å². The molecule has 4 rings (SSSR count). The van der Waals surface area contributed by atoms with Crippen LogP contribution in [-0.4, -0.2) is 26.3 Å². The number of hydrogen-bond acceptors (Lipinski definition) is 3. The highest BCUT2D eigenvalue weighted by Crippen LogP contribution is 2.32. The van der Waals surface area contributed by atoms with E-state index in [4.69, 9.17) is 0 Å². The summed E-state index contributed by atoms with van der Waals surface area (Å²) in [5.74, 6) is -0.284. The summed E-state index contributed by atoms with van der Waals surface area (Å²) in [6.45, 7) is 0.682. The van der Waals surface area contributed by atoms with Gasteiger partial charge in [-0.25, -0.2) is 4.98 Å². The van der Waals surface area contributed by atoms with Gasteiger partial charge in [0.05, 0.1) is 17.4 Å². The Hall–Kier alpha value is -2.27. The Morgan fingerprint density at radius 2 is 2.22 bits per heavy atom. The third-order valence-corrected chi connectivity index (χ3v) is 4.60. The van der Waals surface area contributed by atoms with Crippen LogP contribution in [0.4, 0.5) is 4.39 Å². The number of fused-ring (bicyclic) bond motifs is 2. The van der Waals surface area contributed by atoms with Crippen molar-refractivity contribution in [1.29, 1.82) is 0 Å². The number of rotatable bonds is 3. The standard InChI is InChI=1S/C18H19FN4/c1-22(15-7-2-5-13-6-4-10-20-18(13)15)11-14-12-23-16(19)8-3-9-17(23)21-14/h3-4,6,8-10,12,15H,2,5,7,11H2,1H3. The second-order valence-corrected chi connectivity index (χ2v) is 6.18. The maximum atomic E-state index is 13.8. The molecule has 23 heavy (non-hydrogen) atoms. The van der Waals surface area contributed by atoms with Crippen molar-refractivity contribution < 1.29 is 4.39 Å². The highest BCUT2D eigenvalue weighted by atomic mass is 19.1. The average molecular weight is 310 g/mol. The number of pyridine rings is 2. The quantitative estimate of drug-likeness (QED) is 0.695. The SMILES string of the molecule is CN(Cc1cn2c(F)cccc2n1)C1CCCc2cccnc21. The smallest absolute Gasteiger partial charge is 0.199 e. The molecular weight excluding hydrogens is 291 g/mol. The Labute approximate surface area is 134 Å². The van der Waals surface area contributed by atoms with Crippen molar-refractivity contribution in [2.24, 2.45) is 0 Å². The van der Waals surface area contributed by atoms with Crippen molar-refractivity contribution in [3.05, 3.63) is 65.6 Å². The van der Waals surface area contributed by atoms with Crippen LogP contribution in [0.5, 0.6) is 0 Å². The first-order valence-corrected chi connectivity index (χ1v) is 7.99. The van der Waals surface area contributed by atoms with Crippen LogP contribution in [0.15, 0.2) is 42.7 Å². The fourth-order valence-corrected chi connectivity index (χ4v) is 3.48. The first-order chi connectivity index (χ1) is 11.2. The molecule has 0 N–H and O–H groups in total. The minimum absolute atomic E-state index is 0.284. The zero-order chi connectivity index (χ0) is 15.8. The molecular formula is C18H19FN4. The molecule has 3 heterocycles. The summed E-state index contributed by atoms with van der Waals surface area (Å²) in [6, 6.07) is 9.43. The Morgan fingerprint density at radius 1 is 1.30 bits per heavy atom. The maximum absolute atomic E-state index is 13.8. The number of hydrogen-bond donors (Lipinski definition) is 0. The van der Waals surface area contributed by atoms with Crippen LogP contribution in [-0.2, 0) is 13.0 Å². The summed E-state index contributed by atoms with van der Waals surface area (Å²) >= 11 is 0. The van der Waals surface area contributed by atoms with Crippen LogP contribution in [0, 0.1) is 5.95 Å². The first-order valence-electron chi connectivity index (χ1n) is 7.99. The van der Waals surface area contributed by atoms with Gasteiger partial charge < -0.3 is 0 Å². The van der Waals surface area contributed by atoms with E-state index in [1.54, 1.807) is 12.3 Å². The molecule has 0 spiro atoms. The summed E-state index contributed by atoms with van der Waals surface area (Å²) in [6.07, 6.45) is 7.03. The van der Waals surface area contributed by atoms with Crippen LogP contribution >= 0.6 is 0 Å². The van der Waals surface area contributed by atoms with Gasteiger partial charge in [-0.3, -0.25) is 14.3 Å². The van der Waals surface area contributed by atoms with Crippen molar-refractivity contribution in [2.75, 3.05) is 7.05 Å². The van der Waals surface area contributed by atoms with Crippen LogP contribution in [0.25, 0.3) is 5.65 Å². The third-order valence-electron chi connectivity index (χ3n) is 4.60. The lowest BCUT2D eigenvalue weighted by atomic mass is 9.91. The lowest BCUT2D eigenvalue weighted by Crippen LogP contribution is -2.28. The minimum atomic E-state index is -0.284. The van der Waals surface area contributed by atoms with Crippen LogP contribution < -0.4 is 0 Å². The Balaban J connectivity index is 1.60. The van der Waals surface area contributed by atoms with Gasteiger partial charge in [0.15, 0.2) is 5.95 Å². The summed E-state index contributed by atoms with van der Waals surface area (Å²) in [4.78, 5) is 11.4. The van der Waals surface area contributed by atoms with Crippen molar-refractivity contribution in [3.63, 3.8) is 0 Å². The molecule has 0 bridgehead atoms. The lowest BCUT2D eigenvalue weighted by Gasteiger charge is -2.31. The molecule has 1 unspecified atom stereocenters. The molecule has 4 nitrogen and oxygen atoms in total. The second-order valence-electron chi connectivity index (χ2n) is 6.18. The number of halogens is 1. The summed E-state index contributed by atoms with van der Waals surface area (Å²) < 4.78 is 15.3. The summed E-state index contributed by atoms with van der Waals surface area (Å²) in [5.41, 5.74) is 4.05. The van der Waals surface area contributed by atoms with E-state index >= 15 is 0 Å². The van der Waals surface area contributed by atoms with Crippen LogP contribution in [0.2, 0.25) is 0 Å². The number of nitrogens with zero attached hydrogens (tertiary/aromatic N) is 4. The zero-order valence-electron chi connectivity index (χ0n) is 13.1. The van der Waals surface area contributed by atoms with Gasteiger partial charge in [0, 0.05) is 18.9 Å². The van der Waals surface area contributed by atoms with Gasteiger partial charge in [-0.15, -0.1) is 0 Å². The number of imidazole rings is 1. The number of aryl methyl sites for hydroxylation is 1. The Kier molecular flexibility index (Phi) is 3.58. The van der Waals surface area contributed by atoms with Crippen molar-refractivity contribution >= 4 is 5.65 Å². The largest absolute Gasteiger partial charge is 0.292 e. The van der Waals surface area contributed by atoms with Crippen LogP contribution in [0.3, 0.4) is 0 Å². The first kappa shape index (κ1) is 14.3. The van der Waals surface area contributed by atoms with Gasteiger partial charge in [-0.05, 0) is 50.1 Å². The zero-order valence-corrected chi connectivity index (χ0v) is 13.1. The normalized spacial score (nSPS) is 17.6. The number of aromatic nitrogens is 3. The highest BCUT2D eigenvalue weighted by Gasteiger charge is 2.25. The van der Waals surface area contributed by atoms with E-state index < -0.39 is 0 Å². The predicted molar refractivity (Wildman–Crippen MR) is 86.5 cm³/mol. The molecule has 5 heteroatoms. The average Bonchev–Trinajstić information content (AvgIpc) is 2.98. The van der Waals surface area contributed by atoms with Crippen molar-refractivity contribution in [1.82, 2.24) is 19.3 Å². The summed E-state index contributed by atoms with van der Waals surface area (Å²) in [5, 5.41) is 0. The molecule has 0 aromatic carbocycles. The molecule has 3 aromatic heterocycles. The predicted octanol–water partition coefficient (Wildman–Crippen LogP) is 3.38. The fourth-order valence-electron chi connectivity index (χ4n) is 3.48. The molecule has 1 atom stereocenters.